The molecule has 0 spiro atoms. The highest BCUT2D eigenvalue weighted by atomic mass is 35.5. The molecule has 1 aromatic carbocycles. The Kier molecular flexibility index (Phi) is 6.21. The van der Waals surface area contributed by atoms with E-state index in [2.05, 4.69) is 32.9 Å². The number of fused-ring (bicyclic) bond motifs is 1. The smallest absolute Gasteiger partial charge is 0.254 e. The van der Waals surface area contributed by atoms with Crippen molar-refractivity contribution < 1.29 is 9.59 Å². The van der Waals surface area contributed by atoms with Gasteiger partial charge in [0, 0.05) is 47.0 Å². The predicted molar refractivity (Wildman–Crippen MR) is 132 cm³/mol. The van der Waals surface area contributed by atoms with Crippen molar-refractivity contribution in [2.45, 2.75) is 32.2 Å². The van der Waals surface area contributed by atoms with Gasteiger partial charge in [-0.3, -0.25) is 14.9 Å². The summed E-state index contributed by atoms with van der Waals surface area (Å²) in [6.07, 6.45) is 5.48. The van der Waals surface area contributed by atoms with E-state index >= 15 is 0 Å². The summed E-state index contributed by atoms with van der Waals surface area (Å²) in [7, 11) is 0. The van der Waals surface area contributed by atoms with Crippen LogP contribution in [0.25, 0.3) is 11.7 Å². The first-order valence-corrected chi connectivity index (χ1v) is 11.8. The lowest BCUT2D eigenvalue weighted by atomic mass is 10.1. The fourth-order valence-corrected chi connectivity index (χ4v) is 4.56. The van der Waals surface area contributed by atoms with Gasteiger partial charge in [-0.25, -0.2) is 4.98 Å². The number of nitrogens with zero attached hydrogens (tertiary/aromatic N) is 4. The normalized spacial score (nSPS) is 18.6. The number of hydrogen-bond acceptors (Lipinski definition) is 7. The topological polar surface area (TPSA) is 104 Å². The quantitative estimate of drug-likeness (QED) is 0.367. The van der Waals surface area contributed by atoms with Gasteiger partial charge in [0.05, 0.1) is 12.6 Å². The molecule has 3 aromatic rings. The van der Waals surface area contributed by atoms with E-state index in [-0.39, 0.29) is 18.2 Å². The van der Waals surface area contributed by atoms with Gasteiger partial charge in [-0.05, 0) is 43.7 Å². The molecule has 0 atom stereocenters. The Morgan fingerprint density at radius 2 is 2.06 bits per heavy atom. The fraction of sp³-hybridized carbons (Fsp3) is 0.333. The van der Waals surface area contributed by atoms with Gasteiger partial charge >= 0.3 is 0 Å². The average Bonchev–Trinajstić information content (AvgIpc) is 3.36. The number of amides is 2. The molecule has 2 aromatic heterocycles. The van der Waals surface area contributed by atoms with Crippen molar-refractivity contribution in [3.8, 4) is 0 Å². The second kappa shape index (κ2) is 9.44. The number of nitrogens with one attached hydrogen (secondary N) is 3. The highest BCUT2D eigenvalue weighted by molar-refractivity contribution is 6.30. The van der Waals surface area contributed by atoms with Gasteiger partial charge in [-0.1, -0.05) is 24.6 Å². The molecule has 34 heavy (non-hydrogen) atoms. The van der Waals surface area contributed by atoms with Crippen LogP contribution in [0.15, 0.2) is 42.1 Å². The van der Waals surface area contributed by atoms with E-state index < -0.39 is 0 Å². The van der Waals surface area contributed by atoms with E-state index in [1.165, 1.54) is 0 Å². The molecule has 2 saturated heterocycles. The molecule has 5 rings (SSSR count). The molecule has 176 valence electrons. The molecule has 0 unspecified atom stereocenters. The van der Waals surface area contributed by atoms with Crippen LogP contribution in [0.1, 0.15) is 31.7 Å². The minimum atomic E-state index is -0.376. The van der Waals surface area contributed by atoms with E-state index in [0.717, 1.165) is 44.0 Å². The van der Waals surface area contributed by atoms with Crippen molar-refractivity contribution >= 4 is 52.5 Å². The molecule has 4 heterocycles. The highest BCUT2D eigenvalue weighted by Crippen LogP contribution is 2.27. The van der Waals surface area contributed by atoms with Gasteiger partial charge in [-0.2, -0.15) is 9.61 Å². The van der Waals surface area contributed by atoms with Crippen molar-refractivity contribution in [2.24, 2.45) is 0 Å². The number of carbonyl (C=O) groups excluding carboxylic acids is 2. The Balaban J connectivity index is 1.51. The molecular formula is C24H26ClN7O2. The number of anilines is 3. The van der Waals surface area contributed by atoms with Gasteiger partial charge < -0.3 is 15.5 Å². The maximum Gasteiger partial charge on any atom is 0.254 e. The van der Waals surface area contributed by atoms with E-state index in [0.29, 0.717) is 33.7 Å². The SMILES string of the molecule is CCN1CCC(Nc2cc(Nc3cccc(Cl)c3)nc3c(/C=C4\CC(=O)NC4=O)cnn23)CC1. The molecule has 10 heteroatoms. The standard InChI is InChI=1S/C24H26ClN7O2/c1-2-31-8-6-18(7-9-31)28-21-13-20(27-19-5-3-4-17(25)12-19)29-23-16(14-26-32(21)23)10-15-11-22(33)30-24(15)34/h3-5,10,12-14,18,28H,2,6-9,11H2,1H3,(H,27,29)(H,30,33,34)/b15-10+. The number of likely N-dealkylation sites (tertiary alicyclic amines) is 1. The molecule has 0 aliphatic carbocycles. The van der Waals surface area contributed by atoms with Crippen LogP contribution < -0.4 is 16.0 Å². The van der Waals surface area contributed by atoms with Crippen LogP contribution in [-0.4, -0.2) is 57.0 Å². The number of rotatable bonds is 6. The minimum absolute atomic E-state index is 0.0533. The highest BCUT2D eigenvalue weighted by Gasteiger charge is 2.25. The van der Waals surface area contributed by atoms with Gasteiger partial charge in [0.2, 0.25) is 5.91 Å². The summed E-state index contributed by atoms with van der Waals surface area (Å²) in [4.78, 5) is 30.9. The average molecular weight is 480 g/mol. The van der Waals surface area contributed by atoms with Crippen LogP contribution >= 0.6 is 11.6 Å². The van der Waals surface area contributed by atoms with E-state index in [1.807, 2.05) is 30.3 Å². The van der Waals surface area contributed by atoms with Crippen molar-refractivity contribution in [3.63, 3.8) is 0 Å². The molecule has 3 N–H and O–H groups in total. The second-order valence-electron chi connectivity index (χ2n) is 8.57. The van der Waals surface area contributed by atoms with Crippen LogP contribution in [0.3, 0.4) is 0 Å². The zero-order valence-corrected chi connectivity index (χ0v) is 19.6. The van der Waals surface area contributed by atoms with Crippen molar-refractivity contribution in [1.82, 2.24) is 24.8 Å². The molecule has 0 radical (unpaired) electrons. The van der Waals surface area contributed by atoms with E-state index in [9.17, 15) is 9.59 Å². The third-order valence-corrected chi connectivity index (χ3v) is 6.44. The lowest BCUT2D eigenvalue weighted by Crippen LogP contribution is -2.39. The summed E-state index contributed by atoms with van der Waals surface area (Å²) in [6, 6.07) is 9.67. The maximum atomic E-state index is 12.1. The van der Waals surface area contributed by atoms with Crippen molar-refractivity contribution in [2.75, 3.05) is 30.3 Å². The first-order chi connectivity index (χ1) is 16.5. The Hall–Kier alpha value is -3.43. The number of piperidine rings is 1. The number of hydrogen-bond donors (Lipinski definition) is 3. The van der Waals surface area contributed by atoms with Crippen LogP contribution in [0.5, 0.6) is 0 Å². The number of aromatic nitrogens is 3. The predicted octanol–water partition coefficient (Wildman–Crippen LogP) is 3.45. The lowest BCUT2D eigenvalue weighted by molar-refractivity contribution is -0.124. The minimum Gasteiger partial charge on any atom is -0.367 e. The summed E-state index contributed by atoms with van der Waals surface area (Å²) in [5.74, 6) is 0.750. The Morgan fingerprint density at radius 3 is 2.76 bits per heavy atom. The van der Waals surface area contributed by atoms with Gasteiger partial charge in [0.1, 0.15) is 11.6 Å². The van der Waals surface area contributed by atoms with Gasteiger partial charge in [-0.15, -0.1) is 0 Å². The van der Waals surface area contributed by atoms with Crippen LogP contribution in [0.4, 0.5) is 17.3 Å². The summed E-state index contributed by atoms with van der Waals surface area (Å²) < 4.78 is 1.75. The van der Waals surface area contributed by atoms with E-state index in [1.54, 1.807) is 16.8 Å². The Morgan fingerprint density at radius 1 is 1.24 bits per heavy atom. The van der Waals surface area contributed by atoms with Crippen molar-refractivity contribution in [3.05, 3.63) is 52.7 Å². The summed E-state index contributed by atoms with van der Waals surface area (Å²) >= 11 is 6.15. The first kappa shape index (κ1) is 22.4. The number of imide groups is 1. The van der Waals surface area contributed by atoms with Gasteiger partial charge in [0.15, 0.2) is 5.65 Å². The molecule has 2 fully saturated rings. The third kappa shape index (κ3) is 4.76. The zero-order chi connectivity index (χ0) is 23.7. The summed E-state index contributed by atoms with van der Waals surface area (Å²) in [5, 5.41) is 14.4. The number of benzene rings is 1. The monoisotopic (exact) mass is 479 g/mol. The van der Waals surface area contributed by atoms with Crippen LogP contribution in [-0.2, 0) is 9.59 Å². The fourth-order valence-electron chi connectivity index (χ4n) is 4.37. The van der Waals surface area contributed by atoms with Crippen LogP contribution in [0.2, 0.25) is 5.02 Å². The second-order valence-corrected chi connectivity index (χ2v) is 9.01. The molecule has 2 aliphatic heterocycles. The molecule has 0 saturated carbocycles. The summed E-state index contributed by atoms with van der Waals surface area (Å²) in [6.45, 7) is 5.35. The van der Waals surface area contributed by atoms with Crippen molar-refractivity contribution in [1.29, 1.82) is 0 Å². The number of carbonyl (C=O) groups is 2. The molecule has 2 aliphatic rings. The Bertz CT molecular complexity index is 1280. The third-order valence-electron chi connectivity index (χ3n) is 6.21. The maximum absolute atomic E-state index is 12.1. The molecule has 0 bridgehead atoms. The summed E-state index contributed by atoms with van der Waals surface area (Å²) in [5.41, 5.74) is 2.46. The molecule has 9 nitrogen and oxygen atoms in total. The molecular weight excluding hydrogens is 454 g/mol. The number of halogens is 1. The lowest BCUT2D eigenvalue weighted by Gasteiger charge is -2.32. The van der Waals surface area contributed by atoms with E-state index in [4.69, 9.17) is 16.6 Å². The first-order valence-electron chi connectivity index (χ1n) is 11.4. The molecule has 2 amide bonds. The largest absolute Gasteiger partial charge is 0.367 e. The zero-order valence-electron chi connectivity index (χ0n) is 18.8. The van der Waals surface area contributed by atoms with Gasteiger partial charge in [0.25, 0.3) is 5.91 Å². The van der Waals surface area contributed by atoms with Crippen LogP contribution in [0, 0.1) is 0 Å². The Labute approximate surface area is 202 Å².